The number of carboxylic acid groups (broad SMARTS) is 1. The van der Waals surface area contributed by atoms with Crippen molar-refractivity contribution < 1.29 is 9.90 Å². The molecular formula is C17H24N2O2. The minimum absolute atomic E-state index is 0.258. The summed E-state index contributed by atoms with van der Waals surface area (Å²) in [6, 6.07) is 10.7. The van der Waals surface area contributed by atoms with Gasteiger partial charge in [0.1, 0.15) is 6.04 Å². The molecule has 3 rings (SSSR count). The van der Waals surface area contributed by atoms with Crippen LogP contribution in [0.3, 0.4) is 0 Å². The molecule has 2 heterocycles. The number of piperidine rings is 1. The molecule has 0 saturated carbocycles. The number of carbonyl (C=O) groups is 1. The van der Waals surface area contributed by atoms with Crippen LogP contribution in [0.5, 0.6) is 0 Å². The van der Waals surface area contributed by atoms with E-state index in [-0.39, 0.29) is 6.04 Å². The molecule has 114 valence electrons. The van der Waals surface area contributed by atoms with Crippen LogP contribution < -0.4 is 0 Å². The van der Waals surface area contributed by atoms with Crippen LogP contribution in [-0.2, 0) is 11.3 Å². The Bertz CT molecular complexity index is 477. The molecule has 1 aromatic rings. The molecule has 2 unspecified atom stereocenters. The van der Waals surface area contributed by atoms with E-state index in [0.717, 1.165) is 45.4 Å². The largest absolute Gasteiger partial charge is 0.480 e. The molecule has 2 fully saturated rings. The summed E-state index contributed by atoms with van der Waals surface area (Å²) in [6.45, 7) is 4.04. The number of carboxylic acids is 1. The van der Waals surface area contributed by atoms with Gasteiger partial charge in [-0.25, -0.2) is 0 Å². The second kappa shape index (κ2) is 6.58. The predicted octanol–water partition coefficient (Wildman–Crippen LogP) is 2.20. The van der Waals surface area contributed by atoms with Crippen molar-refractivity contribution in [2.45, 2.75) is 44.3 Å². The molecule has 4 heteroatoms. The van der Waals surface area contributed by atoms with Crippen molar-refractivity contribution in [2.75, 3.05) is 19.6 Å². The molecule has 2 aliphatic heterocycles. The van der Waals surface area contributed by atoms with E-state index in [9.17, 15) is 9.90 Å². The lowest BCUT2D eigenvalue weighted by molar-refractivity contribution is -0.143. The third-order valence-corrected chi connectivity index (χ3v) is 4.78. The Morgan fingerprint density at radius 3 is 2.67 bits per heavy atom. The Hall–Kier alpha value is -1.39. The van der Waals surface area contributed by atoms with Gasteiger partial charge in [0.2, 0.25) is 0 Å². The van der Waals surface area contributed by atoms with Crippen molar-refractivity contribution in [3.05, 3.63) is 35.9 Å². The number of likely N-dealkylation sites (tertiary alicyclic amines) is 2. The highest BCUT2D eigenvalue weighted by molar-refractivity contribution is 5.73. The van der Waals surface area contributed by atoms with Crippen LogP contribution in [0, 0.1) is 0 Å². The topological polar surface area (TPSA) is 43.8 Å². The Labute approximate surface area is 126 Å². The van der Waals surface area contributed by atoms with Gasteiger partial charge in [-0.2, -0.15) is 0 Å². The predicted molar refractivity (Wildman–Crippen MR) is 82.1 cm³/mol. The summed E-state index contributed by atoms with van der Waals surface area (Å²) < 4.78 is 0. The summed E-state index contributed by atoms with van der Waals surface area (Å²) in [4.78, 5) is 16.1. The van der Waals surface area contributed by atoms with Gasteiger partial charge < -0.3 is 5.11 Å². The zero-order valence-corrected chi connectivity index (χ0v) is 12.4. The first-order valence-corrected chi connectivity index (χ1v) is 7.99. The molecule has 1 N–H and O–H groups in total. The molecule has 2 aliphatic rings. The number of aliphatic carboxylic acids is 1. The zero-order chi connectivity index (χ0) is 14.7. The van der Waals surface area contributed by atoms with Gasteiger partial charge in [0.25, 0.3) is 0 Å². The molecule has 0 bridgehead atoms. The van der Waals surface area contributed by atoms with Crippen molar-refractivity contribution in [1.29, 1.82) is 0 Å². The number of rotatable bonds is 4. The Balaban J connectivity index is 1.62. The fraction of sp³-hybridized carbons (Fsp3) is 0.588. The van der Waals surface area contributed by atoms with E-state index >= 15 is 0 Å². The fourth-order valence-corrected chi connectivity index (χ4v) is 3.78. The van der Waals surface area contributed by atoms with Crippen molar-refractivity contribution in [3.63, 3.8) is 0 Å². The third kappa shape index (κ3) is 3.44. The molecule has 1 aromatic carbocycles. The molecule has 4 nitrogen and oxygen atoms in total. The summed E-state index contributed by atoms with van der Waals surface area (Å²) in [7, 11) is 0. The van der Waals surface area contributed by atoms with Gasteiger partial charge in [-0.3, -0.25) is 14.6 Å². The number of hydrogen-bond acceptors (Lipinski definition) is 3. The summed E-state index contributed by atoms with van der Waals surface area (Å²) in [5.41, 5.74) is 1.34. The minimum Gasteiger partial charge on any atom is -0.480 e. The standard InChI is InChI=1S/C17H24N2O2/c20-17(21)16-9-5-11-19(16)15-8-4-10-18(13-15)12-14-6-2-1-3-7-14/h1-3,6-7,15-16H,4-5,8-13H2,(H,20,21). The maximum atomic E-state index is 11.4. The Morgan fingerprint density at radius 1 is 1.14 bits per heavy atom. The van der Waals surface area contributed by atoms with Crippen LogP contribution in [0.1, 0.15) is 31.2 Å². The smallest absolute Gasteiger partial charge is 0.320 e. The van der Waals surface area contributed by atoms with Gasteiger partial charge in [0.15, 0.2) is 0 Å². The molecule has 0 aliphatic carbocycles. The van der Waals surface area contributed by atoms with Gasteiger partial charge in [-0.05, 0) is 44.3 Å². The molecule has 0 aromatic heterocycles. The molecule has 2 atom stereocenters. The highest BCUT2D eigenvalue weighted by atomic mass is 16.4. The normalized spacial score (nSPS) is 27.8. The third-order valence-electron chi connectivity index (χ3n) is 4.78. The lowest BCUT2D eigenvalue weighted by Crippen LogP contribution is -2.51. The van der Waals surface area contributed by atoms with E-state index in [4.69, 9.17) is 0 Å². The molecule has 0 spiro atoms. The van der Waals surface area contributed by atoms with Crippen molar-refractivity contribution in [1.82, 2.24) is 9.80 Å². The van der Waals surface area contributed by atoms with Crippen LogP contribution >= 0.6 is 0 Å². The minimum atomic E-state index is -0.646. The summed E-state index contributed by atoms with van der Waals surface area (Å²) >= 11 is 0. The summed E-state index contributed by atoms with van der Waals surface area (Å²) in [5.74, 6) is -0.646. The summed E-state index contributed by atoms with van der Waals surface area (Å²) in [5, 5.41) is 9.36. The Morgan fingerprint density at radius 2 is 1.90 bits per heavy atom. The van der Waals surface area contributed by atoms with Gasteiger partial charge in [-0.1, -0.05) is 30.3 Å². The highest BCUT2D eigenvalue weighted by Crippen LogP contribution is 2.26. The van der Waals surface area contributed by atoms with Crippen LogP contribution in [0.2, 0.25) is 0 Å². The molecule has 2 saturated heterocycles. The van der Waals surface area contributed by atoms with Crippen LogP contribution in [-0.4, -0.2) is 52.6 Å². The monoisotopic (exact) mass is 288 g/mol. The van der Waals surface area contributed by atoms with Crippen molar-refractivity contribution in [2.24, 2.45) is 0 Å². The number of hydrogen-bond donors (Lipinski definition) is 1. The average molecular weight is 288 g/mol. The lowest BCUT2D eigenvalue weighted by Gasteiger charge is -2.39. The molecule has 0 amide bonds. The number of benzene rings is 1. The van der Waals surface area contributed by atoms with Crippen LogP contribution in [0.25, 0.3) is 0 Å². The maximum absolute atomic E-state index is 11.4. The van der Waals surface area contributed by atoms with Crippen molar-refractivity contribution >= 4 is 5.97 Å². The van der Waals surface area contributed by atoms with E-state index < -0.39 is 5.97 Å². The molecule has 0 radical (unpaired) electrons. The van der Waals surface area contributed by atoms with Gasteiger partial charge in [0.05, 0.1) is 0 Å². The lowest BCUT2D eigenvalue weighted by atomic mass is 10.0. The van der Waals surface area contributed by atoms with E-state index in [1.165, 1.54) is 12.0 Å². The molecule has 21 heavy (non-hydrogen) atoms. The van der Waals surface area contributed by atoms with E-state index in [1.807, 2.05) is 6.07 Å². The van der Waals surface area contributed by atoms with E-state index in [2.05, 4.69) is 34.1 Å². The zero-order valence-electron chi connectivity index (χ0n) is 12.4. The Kier molecular flexibility index (Phi) is 4.56. The van der Waals surface area contributed by atoms with E-state index in [1.54, 1.807) is 0 Å². The highest BCUT2D eigenvalue weighted by Gasteiger charge is 2.36. The quantitative estimate of drug-likeness (QED) is 0.922. The second-order valence-corrected chi connectivity index (χ2v) is 6.25. The first kappa shape index (κ1) is 14.5. The van der Waals surface area contributed by atoms with E-state index in [0.29, 0.717) is 6.04 Å². The van der Waals surface area contributed by atoms with Gasteiger partial charge in [-0.15, -0.1) is 0 Å². The van der Waals surface area contributed by atoms with Crippen molar-refractivity contribution in [3.8, 4) is 0 Å². The van der Waals surface area contributed by atoms with Crippen LogP contribution in [0.15, 0.2) is 30.3 Å². The van der Waals surface area contributed by atoms with Gasteiger partial charge in [0, 0.05) is 19.1 Å². The summed E-state index contributed by atoms with van der Waals surface area (Å²) in [6.07, 6.45) is 4.13. The first-order valence-electron chi connectivity index (χ1n) is 7.99. The number of nitrogens with zero attached hydrogens (tertiary/aromatic N) is 2. The van der Waals surface area contributed by atoms with Crippen LogP contribution in [0.4, 0.5) is 0 Å². The maximum Gasteiger partial charge on any atom is 0.320 e. The average Bonchev–Trinajstić information content (AvgIpc) is 2.98. The second-order valence-electron chi connectivity index (χ2n) is 6.25. The fourth-order valence-electron chi connectivity index (χ4n) is 3.78. The van der Waals surface area contributed by atoms with Gasteiger partial charge >= 0.3 is 5.97 Å². The first-order chi connectivity index (χ1) is 10.2. The molecular weight excluding hydrogens is 264 g/mol. The SMILES string of the molecule is O=C(O)C1CCCN1C1CCCN(Cc2ccccc2)C1.